The number of aliphatic hydroxyl groups is 1. The molecule has 6 heteroatoms. The number of hydrogen-bond acceptors (Lipinski definition) is 6. The molecule has 0 saturated carbocycles. The second-order valence-electron chi connectivity index (χ2n) is 6.74. The lowest BCUT2D eigenvalue weighted by atomic mass is 9.94. The number of fused-ring (bicyclic) bond motifs is 1. The van der Waals surface area contributed by atoms with Crippen LogP contribution in [0.15, 0.2) is 22.9 Å². The van der Waals surface area contributed by atoms with Gasteiger partial charge in [-0.25, -0.2) is 0 Å². The fourth-order valence-electron chi connectivity index (χ4n) is 3.28. The number of hydrogen-bond donors (Lipinski definition) is 2. The minimum Gasteiger partial charge on any atom is -0.488 e. The van der Waals surface area contributed by atoms with Gasteiger partial charge < -0.3 is 20.1 Å². The van der Waals surface area contributed by atoms with Gasteiger partial charge >= 0.3 is 0 Å². The fourth-order valence-corrected chi connectivity index (χ4v) is 3.28. The molecule has 1 aliphatic rings. The van der Waals surface area contributed by atoms with Crippen LogP contribution in [0.2, 0.25) is 0 Å². The summed E-state index contributed by atoms with van der Waals surface area (Å²) in [7, 11) is 0. The van der Waals surface area contributed by atoms with E-state index in [-0.39, 0.29) is 0 Å². The number of benzene rings is 1. The zero-order valence-electron chi connectivity index (χ0n) is 15.0. The Morgan fingerprint density at radius 3 is 2.96 bits per heavy atom. The van der Waals surface area contributed by atoms with E-state index in [2.05, 4.69) is 29.1 Å². The van der Waals surface area contributed by atoms with Gasteiger partial charge in [-0.05, 0) is 49.4 Å². The molecule has 0 fully saturated rings. The number of rotatable bonds is 7. The van der Waals surface area contributed by atoms with Crippen molar-refractivity contribution in [2.75, 3.05) is 19.6 Å². The van der Waals surface area contributed by atoms with Gasteiger partial charge in [0.1, 0.15) is 18.6 Å². The third-order valence-corrected chi connectivity index (χ3v) is 5.00. The first-order chi connectivity index (χ1) is 12.1. The van der Waals surface area contributed by atoms with Crippen molar-refractivity contribution in [3.63, 3.8) is 0 Å². The molecule has 6 nitrogen and oxygen atoms in total. The van der Waals surface area contributed by atoms with Crippen LogP contribution in [0.5, 0.6) is 5.75 Å². The maximum Gasteiger partial charge on any atom is 0.130 e. The van der Waals surface area contributed by atoms with Gasteiger partial charge in [-0.3, -0.25) is 4.90 Å². The van der Waals surface area contributed by atoms with Gasteiger partial charge in [0.15, 0.2) is 0 Å². The molecule has 0 bridgehead atoms. The summed E-state index contributed by atoms with van der Waals surface area (Å²) < 4.78 is 10.9. The van der Waals surface area contributed by atoms with Crippen LogP contribution < -0.4 is 10.5 Å². The second kappa shape index (κ2) is 7.99. The zero-order valence-corrected chi connectivity index (χ0v) is 15.0. The molecule has 0 amide bonds. The highest BCUT2D eigenvalue weighted by Gasteiger charge is 2.20. The maximum absolute atomic E-state index is 9.64. The molecule has 0 saturated heterocycles. The van der Waals surface area contributed by atoms with Gasteiger partial charge in [-0.2, -0.15) is 0 Å². The molecular formula is C19H27N3O3. The Hall–Kier alpha value is -1.89. The van der Waals surface area contributed by atoms with Crippen molar-refractivity contribution >= 4 is 0 Å². The monoisotopic (exact) mass is 345 g/mol. The van der Waals surface area contributed by atoms with Gasteiger partial charge in [-0.15, -0.1) is 0 Å². The summed E-state index contributed by atoms with van der Waals surface area (Å²) in [6.45, 7) is 7.63. The molecular weight excluding hydrogens is 318 g/mol. The molecule has 136 valence electrons. The summed E-state index contributed by atoms with van der Waals surface area (Å²) in [5, 5.41) is 13.5. The predicted octanol–water partition coefficient (Wildman–Crippen LogP) is 1.94. The quantitative estimate of drug-likeness (QED) is 0.798. The van der Waals surface area contributed by atoms with Crippen LogP contribution in [0.25, 0.3) is 0 Å². The van der Waals surface area contributed by atoms with E-state index in [1.54, 1.807) is 6.26 Å². The molecule has 1 aromatic heterocycles. The van der Waals surface area contributed by atoms with Crippen molar-refractivity contribution in [1.29, 1.82) is 0 Å². The van der Waals surface area contributed by atoms with Gasteiger partial charge in [0.25, 0.3) is 0 Å². The van der Waals surface area contributed by atoms with Crippen LogP contribution in [-0.4, -0.2) is 40.9 Å². The second-order valence-corrected chi connectivity index (χ2v) is 6.74. The molecule has 3 N–H and O–H groups in total. The largest absolute Gasteiger partial charge is 0.488 e. The molecule has 3 rings (SSSR count). The lowest BCUT2D eigenvalue weighted by Crippen LogP contribution is -2.34. The normalized spacial score (nSPS) is 15.8. The van der Waals surface area contributed by atoms with E-state index >= 15 is 0 Å². The fraction of sp³-hybridized carbons (Fsp3) is 0.526. The minimum atomic E-state index is -0.403. The van der Waals surface area contributed by atoms with Crippen molar-refractivity contribution < 1.29 is 14.4 Å². The summed E-state index contributed by atoms with van der Waals surface area (Å²) in [6.07, 6.45) is 2.96. The Kier molecular flexibility index (Phi) is 5.73. The van der Waals surface area contributed by atoms with Crippen molar-refractivity contribution in [2.24, 2.45) is 5.73 Å². The van der Waals surface area contributed by atoms with E-state index in [0.29, 0.717) is 13.2 Å². The summed E-state index contributed by atoms with van der Waals surface area (Å²) in [6, 6.07) is 4.21. The third-order valence-electron chi connectivity index (χ3n) is 5.00. The Balaban J connectivity index is 1.64. The number of nitrogens with zero attached hydrogens (tertiary/aromatic N) is 2. The van der Waals surface area contributed by atoms with Crippen molar-refractivity contribution in [3.8, 4) is 5.75 Å². The number of aromatic nitrogens is 1. The van der Waals surface area contributed by atoms with E-state index in [4.69, 9.17) is 15.0 Å². The van der Waals surface area contributed by atoms with Crippen LogP contribution in [0.4, 0.5) is 0 Å². The van der Waals surface area contributed by atoms with E-state index in [1.807, 2.05) is 6.92 Å². The summed E-state index contributed by atoms with van der Waals surface area (Å²) >= 11 is 0. The van der Waals surface area contributed by atoms with Crippen molar-refractivity contribution in [3.05, 3.63) is 46.3 Å². The Bertz CT molecular complexity index is 714. The Labute approximate surface area is 148 Å². The molecule has 0 spiro atoms. The average Bonchev–Trinajstić information content (AvgIpc) is 3.04. The first-order valence-corrected chi connectivity index (χ1v) is 8.83. The standard InChI is InChI=1S/C19H27N3O3/c1-13-18-6-8-22(7-5-17(23)9-20)10-15(18)3-4-19(13)24-11-16-12-25-21-14(16)2/h3-4,12,17,23H,5-11,20H2,1-2H3/t17-/m1/s1. The molecule has 1 aromatic carbocycles. The van der Waals surface area contributed by atoms with E-state index in [9.17, 15) is 5.11 Å². The van der Waals surface area contributed by atoms with E-state index in [1.165, 1.54) is 16.7 Å². The van der Waals surface area contributed by atoms with Crippen LogP contribution in [0.3, 0.4) is 0 Å². The molecule has 25 heavy (non-hydrogen) atoms. The Morgan fingerprint density at radius 1 is 1.40 bits per heavy atom. The summed E-state index contributed by atoms with van der Waals surface area (Å²) in [5.74, 6) is 0.923. The first kappa shape index (κ1) is 17.9. The van der Waals surface area contributed by atoms with E-state index in [0.717, 1.165) is 49.5 Å². The molecule has 0 unspecified atom stereocenters. The van der Waals surface area contributed by atoms with Crippen molar-refractivity contribution in [2.45, 2.75) is 45.9 Å². The Morgan fingerprint density at radius 2 is 2.24 bits per heavy atom. The van der Waals surface area contributed by atoms with Gasteiger partial charge in [0.05, 0.1) is 17.4 Å². The topological polar surface area (TPSA) is 84.8 Å². The number of aliphatic hydroxyl groups excluding tert-OH is 1. The van der Waals surface area contributed by atoms with Crippen LogP contribution in [0.1, 0.15) is 34.4 Å². The highest BCUT2D eigenvalue weighted by Crippen LogP contribution is 2.30. The van der Waals surface area contributed by atoms with Crippen LogP contribution in [0, 0.1) is 13.8 Å². The average molecular weight is 345 g/mol. The SMILES string of the molecule is Cc1nocc1COc1ccc2c(c1C)CCN(CC[C@@H](O)CN)C2. The third kappa shape index (κ3) is 4.21. The molecule has 2 heterocycles. The van der Waals surface area contributed by atoms with Crippen LogP contribution in [-0.2, 0) is 19.6 Å². The number of nitrogens with two attached hydrogens (primary N) is 1. The molecule has 0 aliphatic carbocycles. The molecule has 1 atom stereocenters. The van der Waals surface area contributed by atoms with Gasteiger partial charge in [0.2, 0.25) is 0 Å². The predicted molar refractivity (Wildman–Crippen MR) is 95.4 cm³/mol. The molecule has 2 aromatic rings. The number of aryl methyl sites for hydroxylation is 1. The first-order valence-electron chi connectivity index (χ1n) is 8.83. The van der Waals surface area contributed by atoms with Crippen molar-refractivity contribution in [1.82, 2.24) is 10.1 Å². The number of ether oxygens (including phenoxy) is 1. The van der Waals surface area contributed by atoms with E-state index < -0.39 is 6.10 Å². The lowest BCUT2D eigenvalue weighted by Gasteiger charge is -2.30. The smallest absolute Gasteiger partial charge is 0.130 e. The van der Waals surface area contributed by atoms with Gasteiger partial charge in [0, 0.05) is 26.2 Å². The summed E-state index contributed by atoms with van der Waals surface area (Å²) in [4.78, 5) is 2.38. The van der Waals surface area contributed by atoms with Crippen LogP contribution >= 0.6 is 0 Å². The highest BCUT2D eigenvalue weighted by molar-refractivity contribution is 5.45. The summed E-state index contributed by atoms with van der Waals surface area (Å²) in [5.41, 5.74) is 11.3. The highest BCUT2D eigenvalue weighted by atomic mass is 16.5. The zero-order chi connectivity index (χ0) is 17.8. The van der Waals surface area contributed by atoms with Gasteiger partial charge in [-0.1, -0.05) is 11.2 Å². The maximum atomic E-state index is 9.64. The molecule has 0 radical (unpaired) electrons. The lowest BCUT2D eigenvalue weighted by molar-refractivity contribution is 0.142. The minimum absolute atomic E-state index is 0.329. The molecule has 1 aliphatic heterocycles.